The second kappa shape index (κ2) is 9.04. The van der Waals surface area contributed by atoms with Crippen LogP contribution >= 0.6 is 0 Å². The van der Waals surface area contributed by atoms with Crippen LogP contribution in [0.2, 0.25) is 0 Å². The molecule has 1 heterocycles. The Morgan fingerprint density at radius 1 is 1.00 bits per heavy atom. The van der Waals surface area contributed by atoms with Gasteiger partial charge >= 0.3 is 6.18 Å². The molecule has 0 spiro atoms. The van der Waals surface area contributed by atoms with Crippen LogP contribution in [0.3, 0.4) is 0 Å². The van der Waals surface area contributed by atoms with E-state index in [0.29, 0.717) is 19.6 Å². The van der Waals surface area contributed by atoms with Crippen molar-refractivity contribution in [3.63, 3.8) is 0 Å². The van der Waals surface area contributed by atoms with Crippen LogP contribution in [0.4, 0.5) is 17.6 Å². The van der Waals surface area contributed by atoms with E-state index in [0.717, 1.165) is 17.7 Å². The number of hydrogen-bond acceptors (Lipinski definition) is 3. The third-order valence-corrected chi connectivity index (χ3v) is 5.28. The van der Waals surface area contributed by atoms with E-state index in [1.807, 2.05) is 13.8 Å². The summed E-state index contributed by atoms with van der Waals surface area (Å²) in [5.74, 6) is -0.272. The standard InChI is InChI=1S/C22H24F4N2O2/c1-15-12-28(16(2)11-27(15)13-17-3-7-19(23)8-4-17)21(29)14-30-20-9-5-18(6-10-20)22(24,25)26/h3-10,15-16H,11-14H2,1-2H3/t15-,16+/m1/s1. The molecule has 0 unspecified atom stereocenters. The van der Waals surface area contributed by atoms with Crippen LogP contribution in [0.15, 0.2) is 48.5 Å². The number of nitrogens with zero attached hydrogens (tertiary/aromatic N) is 2. The molecule has 1 aliphatic heterocycles. The number of benzene rings is 2. The Morgan fingerprint density at radius 3 is 2.23 bits per heavy atom. The van der Waals surface area contributed by atoms with Crippen molar-refractivity contribution in [2.45, 2.75) is 38.7 Å². The van der Waals surface area contributed by atoms with Crippen LogP contribution in [-0.2, 0) is 17.5 Å². The maximum atomic E-state index is 13.1. The summed E-state index contributed by atoms with van der Waals surface area (Å²) >= 11 is 0. The number of ether oxygens (including phenoxy) is 1. The molecule has 1 fully saturated rings. The molecule has 2 aromatic rings. The molecule has 0 aliphatic carbocycles. The van der Waals surface area contributed by atoms with Gasteiger partial charge in [-0.3, -0.25) is 9.69 Å². The van der Waals surface area contributed by atoms with E-state index < -0.39 is 11.7 Å². The van der Waals surface area contributed by atoms with E-state index >= 15 is 0 Å². The molecule has 30 heavy (non-hydrogen) atoms. The second-order valence-corrected chi connectivity index (χ2v) is 7.61. The molecule has 2 aromatic carbocycles. The zero-order valence-electron chi connectivity index (χ0n) is 16.8. The van der Waals surface area contributed by atoms with Crippen molar-refractivity contribution < 1.29 is 27.1 Å². The van der Waals surface area contributed by atoms with Crippen molar-refractivity contribution in [2.75, 3.05) is 19.7 Å². The lowest BCUT2D eigenvalue weighted by Gasteiger charge is -2.44. The average molecular weight is 424 g/mol. The van der Waals surface area contributed by atoms with Gasteiger partial charge in [0.25, 0.3) is 5.91 Å². The quantitative estimate of drug-likeness (QED) is 0.670. The lowest BCUT2D eigenvalue weighted by molar-refractivity contribution is -0.140. The minimum atomic E-state index is -4.41. The van der Waals surface area contributed by atoms with Gasteiger partial charge in [-0.15, -0.1) is 0 Å². The Morgan fingerprint density at radius 2 is 1.63 bits per heavy atom. The Kier molecular flexibility index (Phi) is 6.65. The highest BCUT2D eigenvalue weighted by atomic mass is 19.4. The SMILES string of the molecule is C[C@@H]1CN(C(=O)COc2ccc(C(F)(F)F)cc2)[C@@H](C)CN1Cc1ccc(F)cc1. The number of rotatable bonds is 5. The molecule has 4 nitrogen and oxygen atoms in total. The zero-order valence-corrected chi connectivity index (χ0v) is 16.8. The lowest BCUT2D eigenvalue weighted by Crippen LogP contribution is -2.58. The molecular weight excluding hydrogens is 400 g/mol. The summed E-state index contributed by atoms with van der Waals surface area (Å²) in [6.45, 7) is 5.56. The predicted molar refractivity (Wildman–Crippen MR) is 104 cm³/mol. The van der Waals surface area contributed by atoms with E-state index in [4.69, 9.17) is 4.74 Å². The number of amides is 1. The normalized spacial score (nSPS) is 20.3. The number of alkyl halides is 3. The number of piperazine rings is 1. The Hall–Kier alpha value is -2.61. The predicted octanol–water partition coefficient (Wildman–Crippen LogP) is 4.34. The first-order valence-corrected chi connectivity index (χ1v) is 9.71. The fourth-order valence-electron chi connectivity index (χ4n) is 3.56. The van der Waals surface area contributed by atoms with E-state index in [1.165, 1.54) is 24.3 Å². The largest absolute Gasteiger partial charge is 0.484 e. The first kappa shape index (κ1) is 22.1. The van der Waals surface area contributed by atoms with Crippen molar-refractivity contribution in [1.29, 1.82) is 0 Å². The van der Waals surface area contributed by atoms with Gasteiger partial charge in [0.15, 0.2) is 6.61 Å². The highest BCUT2D eigenvalue weighted by Gasteiger charge is 2.32. The molecule has 162 valence electrons. The van der Waals surface area contributed by atoms with Gasteiger partial charge in [0.2, 0.25) is 0 Å². The van der Waals surface area contributed by atoms with E-state index in [2.05, 4.69) is 4.90 Å². The van der Waals surface area contributed by atoms with E-state index in [1.54, 1.807) is 17.0 Å². The molecule has 2 atom stereocenters. The van der Waals surface area contributed by atoms with E-state index in [-0.39, 0.29) is 36.2 Å². The fraction of sp³-hybridized carbons (Fsp3) is 0.409. The molecule has 3 rings (SSSR count). The van der Waals surface area contributed by atoms with Crippen LogP contribution in [0.1, 0.15) is 25.0 Å². The van der Waals surface area contributed by atoms with Crippen LogP contribution in [0.5, 0.6) is 5.75 Å². The maximum Gasteiger partial charge on any atom is 0.416 e. The van der Waals surface area contributed by atoms with Crippen LogP contribution in [-0.4, -0.2) is 47.5 Å². The van der Waals surface area contributed by atoms with Crippen molar-refractivity contribution in [3.05, 3.63) is 65.5 Å². The van der Waals surface area contributed by atoms with Crippen molar-refractivity contribution >= 4 is 5.91 Å². The highest BCUT2D eigenvalue weighted by molar-refractivity contribution is 5.78. The molecule has 0 saturated carbocycles. The first-order valence-electron chi connectivity index (χ1n) is 9.71. The molecule has 0 bridgehead atoms. The van der Waals surface area contributed by atoms with Gasteiger partial charge in [-0.05, 0) is 55.8 Å². The molecule has 0 aromatic heterocycles. The third kappa shape index (κ3) is 5.50. The van der Waals surface area contributed by atoms with Crippen LogP contribution in [0.25, 0.3) is 0 Å². The maximum absolute atomic E-state index is 13.1. The number of hydrogen-bond donors (Lipinski definition) is 0. The van der Waals surface area contributed by atoms with Crippen LogP contribution in [0, 0.1) is 5.82 Å². The Labute approximate surface area is 173 Å². The topological polar surface area (TPSA) is 32.8 Å². The first-order chi connectivity index (χ1) is 14.1. The summed E-state index contributed by atoms with van der Waals surface area (Å²) in [6.07, 6.45) is -4.41. The summed E-state index contributed by atoms with van der Waals surface area (Å²) in [4.78, 5) is 16.6. The highest BCUT2D eigenvalue weighted by Crippen LogP contribution is 2.30. The molecule has 1 saturated heterocycles. The summed E-state index contributed by atoms with van der Waals surface area (Å²) in [5.41, 5.74) is 0.238. The van der Waals surface area contributed by atoms with Crippen LogP contribution < -0.4 is 4.74 Å². The monoisotopic (exact) mass is 424 g/mol. The number of carbonyl (C=O) groups is 1. The minimum absolute atomic E-state index is 0.0506. The zero-order chi connectivity index (χ0) is 21.9. The van der Waals surface area contributed by atoms with Gasteiger partial charge in [-0.25, -0.2) is 4.39 Å². The van der Waals surface area contributed by atoms with Gasteiger partial charge in [0.05, 0.1) is 5.56 Å². The minimum Gasteiger partial charge on any atom is -0.484 e. The fourth-order valence-corrected chi connectivity index (χ4v) is 3.56. The van der Waals surface area contributed by atoms with Gasteiger partial charge in [0, 0.05) is 31.7 Å². The summed E-state index contributed by atoms with van der Waals surface area (Å²) in [5, 5.41) is 0. The summed E-state index contributed by atoms with van der Waals surface area (Å²) < 4.78 is 56.4. The smallest absolute Gasteiger partial charge is 0.416 e. The van der Waals surface area contributed by atoms with E-state index in [9.17, 15) is 22.4 Å². The summed E-state index contributed by atoms with van der Waals surface area (Å²) in [7, 11) is 0. The lowest BCUT2D eigenvalue weighted by atomic mass is 10.1. The third-order valence-electron chi connectivity index (χ3n) is 5.28. The number of halogens is 4. The molecule has 1 amide bonds. The molecular formula is C22H24F4N2O2. The summed E-state index contributed by atoms with van der Waals surface area (Å²) in [6, 6.07) is 10.7. The molecule has 0 radical (unpaired) electrons. The Bertz CT molecular complexity index is 853. The molecule has 8 heteroatoms. The Balaban J connectivity index is 1.53. The van der Waals surface area contributed by atoms with Crippen molar-refractivity contribution in [1.82, 2.24) is 9.80 Å². The van der Waals surface area contributed by atoms with Crippen molar-refractivity contribution in [2.24, 2.45) is 0 Å². The van der Waals surface area contributed by atoms with Crippen molar-refractivity contribution in [3.8, 4) is 5.75 Å². The second-order valence-electron chi connectivity index (χ2n) is 7.61. The molecule has 1 aliphatic rings. The van der Waals surface area contributed by atoms with Gasteiger partial charge < -0.3 is 9.64 Å². The van der Waals surface area contributed by atoms with Gasteiger partial charge in [0.1, 0.15) is 11.6 Å². The van der Waals surface area contributed by atoms with Gasteiger partial charge in [-0.2, -0.15) is 13.2 Å². The average Bonchev–Trinajstić information content (AvgIpc) is 2.70. The molecule has 0 N–H and O–H groups in total. The van der Waals surface area contributed by atoms with Gasteiger partial charge in [-0.1, -0.05) is 12.1 Å². The number of carbonyl (C=O) groups excluding carboxylic acids is 1.